The van der Waals surface area contributed by atoms with Gasteiger partial charge in [-0.3, -0.25) is 4.79 Å². The summed E-state index contributed by atoms with van der Waals surface area (Å²) < 4.78 is 5.35. The molecule has 3 amide bonds. The lowest BCUT2D eigenvalue weighted by molar-refractivity contribution is 0.0664. The predicted octanol–water partition coefficient (Wildman–Crippen LogP) is 1.82. The molecule has 2 aromatic rings. The molecule has 1 aromatic heterocycles. The number of hydrogen-bond donors (Lipinski definition) is 1. The van der Waals surface area contributed by atoms with Gasteiger partial charge < -0.3 is 29.7 Å². The van der Waals surface area contributed by atoms with E-state index >= 15 is 0 Å². The van der Waals surface area contributed by atoms with Gasteiger partial charge in [0, 0.05) is 76.2 Å². The van der Waals surface area contributed by atoms with Crippen LogP contribution in [0.2, 0.25) is 0 Å². The average Bonchev–Trinajstić information content (AvgIpc) is 2.88. The lowest BCUT2D eigenvalue weighted by Crippen LogP contribution is -2.53. The molecule has 9 heteroatoms. The summed E-state index contributed by atoms with van der Waals surface area (Å²) >= 11 is 0. The molecule has 2 aliphatic rings. The molecule has 1 aromatic carbocycles. The van der Waals surface area contributed by atoms with Gasteiger partial charge in [-0.2, -0.15) is 0 Å². The highest BCUT2D eigenvalue weighted by atomic mass is 16.5. The van der Waals surface area contributed by atoms with Crippen LogP contribution in [0.25, 0.3) is 0 Å². The molecule has 2 saturated heterocycles. The second-order valence-electron chi connectivity index (χ2n) is 8.90. The van der Waals surface area contributed by atoms with Crippen LogP contribution in [0.5, 0.6) is 5.75 Å². The van der Waals surface area contributed by atoms with Gasteiger partial charge in [0.2, 0.25) is 0 Å². The first kappa shape index (κ1) is 23.8. The van der Waals surface area contributed by atoms with Gasteiger partial charge in [-0.25, -0.2) is 9.78 Å². The lowest BCUT2D eigenvalue weighted by atomic mass is 10.1. The molecule has 2 aliphatic heterocycles. The Bertz CT molecular complexity index is 1010. The zero-order valence-electron chi connectivity index (χ0n) is 20.3. The molecule has 0 aliphatic carbocycles. The van der Waals surface area contributed by atoms with Crippen molar-refractivity contribution in [3.63, 3.8) is 0 Å². The molecule has 2 fully saturated rings. The summed E-state index contributed by atoms with van der Waals surface area (Å²) in [6.07, 6.45) is 1.80. The number of ether oxygens (including phenoxy) is 1. The van der Waals surface area contributed by atoms with E-state index in [9.17, 15) is 9.59 Å². The topological polar surface area (TPSA) is 81.2 Å². The fraction of sp³-hybridized carbons (Fsp3) is 0.480. The summed E-state index contributed by atoms with van der Waals surface area (Å²) in [5.41, 5.74) is 2.61. The number of benzene rings is 1. The molecule has 0 atom stereocenters. The number of hydrogen-bond acceptors (Lipinski definition) is 6. The Morgan fingerprint density at radius 1 is 1.00 bits per heavy atom. The largest absolute Gasteiger partial charge is 0.496 e. The molecule has 0 saturated carbocycles. The number of aromatic nitrogens is 1. The van der Waals surface area contributed by atoms with Crippen molar-refractivity contribution in [1.82, 2.24) is 25.0 Å². The minimum Gasteiger partial charge on any atom is -0.496 e. The highest BCUT2D eigenvalue weighted by Crippen LogP contribution is 2.21. The summed E-state index contributed by atoms with van der Waals surface area (Å²) in [6.45, 7) is 8.23. The third-order valence-electron chi connectivity index (χ3n) is 6.61. The van der Waals surface area contributed by atoms with E-state index in [1.807, 2.05) is 31.2 Å². The average molecular weight is 467 g/mol. The van der Waals surface area contributed by atoms with Crippen molar-refractivity contribution < 1.29 is 14.3 Å². The monoisotopic (exact) mass is 466 g/mol. The van der Waals surface area contributed by atoms with Crippen LogP contribution in [0.4, 0.5) is 10.6 Å². The van der Waals surface area contributed by atoms with Crippen LogP contribution in [0.15, 0.2) is 36.5 Å². The van der Waals surface area contributed by atoms with Crippen molar-refractivity contribution in [3.8, 4) is 5.75 Å². The van der Waals surface area contributed by atoms with Gasteiger partial charge in [-0.15, -0.1) is 0 Å². The van der Waals surface area contributed by atoms with E-state index in [4.69, 9.17) is 4.74 Å². The number of anilines is 1. The Balaban J connectivity index is 1.30. The zero-order valence-corrected chi connectivity index (χ0v) is 20.3. The number of methoxy groups -OCH3 is 1. The first-order valence-electron chi connectivity index (χ1n) is 11.8. The van der Waals surface area contributed by atoms with Crippen LogP contribution in [-0.2, 0) is 6.54 Å². The van der Waals surface area contributed by atoms with Crippen LogP contribution in [0.1, 0.15) is 21.5 Å². The van der Waals surface area contributed by atoms with Crippen LogP contribution in [0.3, 0.4) is 0 Å². The number of nitrogens with zero attached hydrogens (tertiary/aromatic N) is 5. The van der Waals surface area contributed by atoms with Crippen molar-refractivity contribution in [3.05, 3.63) is 53.2 Å². The van der Waals surface area contributed by atoms with Gasteiger partial charge in [0.25, 0.3) is 5.91 Å². The first-order chi connectivity index (χ1) is 16.5. The van der Waals surface area contributed by atoms with Gasteiger partial charge in [-0.1, -0.05) is 12.1 Å². The molecule has 0 radical (unpaired) electrons. The molecular formula is C25H34N6O3. The minimum atomic E-state index is -0.114. The SMILES string of the molecule is COc1cc(C(=O)N2CCN(C(=O)NCc3cccnc3N3CCN(C)CC3)CC2)ccc1C. The third kappa shape index (κ3) is 5.41. The van der Waals surface area contributed by atoms with Crippen molar-refractivity contribution >= 4 is 17.8 Å². The van der Waals surface area contributed by atoms with E-state index < -0.39 is 0 Å². The normalized spacial score (nSPS) is 17.0. The number of amides is 3. The summed E-state index contributed by atoms with van der Waals surface area (Å²) in [7, 11) is 3.73. The van der Waals surface area contributed by atoms with Crippen LogP contribution < -0.4 is 15.0 Å². The maximum Gasteiger partial charge on any atom is 0.317 e. The molecule has 182 valence electrons. The molecule has 0 spiro atoms. The quantitative estimate of drug-likeness (QED) is 0.724. The highest BCUT2D eigenvalue weighted by Gasteiger charge is 2.26. The number of carbonyl (C=O) groups excluding carboxylic acids is 2. The van der Waals surface area contributed by atoms with Crippen LogP contribution >= 0.6 is 0 Å². The van der Waals surface area contributed by atoms with Crippen molar-refractivity contribution in [1.29, 1.82) is 0 Å². The molecule has 1 N–H and O–H groups in total. The second kappa shape index (κ2) is 10.7. The molecule has 4 rings (SSSR count). The maximum absolute atomic E-state index is 12.9. The Labute approximate surface area is 201 Å². The van der Waals surface area contributed by atoms with Gasteiger partial charge in [0.15, 0.2) is 0 Å². The first-order valence-corrected chi connectivity index (χ1v) is 11.8. The highest BCUT2D eigenvalue weighted by molar-refractivity contribution is 5.95. The van der Waals surface area contributed by atoms with Gasteiger partial charge in [-0.05, 0) is 37.7 Å². The third-order valence-corrected chi connectivity index (χ3v) is 6.61. The van der Waals surface area contributed by atoms with Gasteiger partial charge in [0.1, 0.15) is 11.6 Å². The number of likely N-dealkylation sites (N-methyl/N-ethyl adjacent to an activating group) is 1. The fourth-order valence-corrected chi connectivity index (χ4v) is 4.40. The van der Waals surface area contributed by atoms with E-state index in [-0.39, 0.29) is 11.9 Å². The summed E-state index contributed by atoms with van der Waals surface area (Å²) in [5.74, 6) is 1.61. The summed E-state index contributed by atoms with van der Waals surface area (Å²) in [6, 6.07) is 9.31. The number of pyridine rings is 1. The van der Waals surface area contributed by atoms with E-state index in [1.165, 1.54) is 0 Å². The van der Waals surface area contributed by atoms with Crippen LogP contribution in [0, 0.1) is 6.92 Å². The number of nitrogens with one attached hydrogen (secondary N) is 1. The Kier molecular flexibility index (Phi) is 7.52. The smallest absolute Gasteiger partial charge is 0.317 e. The number of carbonyl (C=O) groups is 2. The molecule has 0 unspecified atom stereocenters. The van der Waals surface area contributed by atoms with Gasteiger partial charge in [0.05, 0.1) is 7.11 Å². The lowest BCUT2D eigenvalue weighted by Gasteiger charge is -2.35. The zero-order chi connectivity index (χ0) is 24.1. The molecular weight excluding hydrogens is 432 g/mol. The molecule has 9 nitrogen and oxygen atoms in total. The number of urea groups is 1. The standard InChI is InChI=1S/C25H34N6O3/c1-19-6-7-20(17-22(19)34-3)24(32)30-13-15-31(16-14-30)25(33)27-18-21-5-4-8-26-23(21)29-11-9-28(2)10-12-29/h4-8,17H,9-16,18H2,1-3H3,(H,27,33). The minimum absolute atomic E-state index is 0.0365. The van der Waals surface area contributed by atoms with E-state index in [2.05, 4.69) is 27.1 Å². The predicted molar refractivity (Wildman–Crippen MR) is 131 cm³/mol. The number of piperazine rings is 2. The summed E-state index contributed by atoms with van der Waals surface area (Å²) in [4.78, 5) is 38.5. The molecule has 34 heavy (non-hydrogen) atoms. The van der Waals surface area contributed by atoms with Crippen molar-refractivity contribution in [2.75, 3.05) is 71.4 Å². The Morgan fingerprint density at radius 3 is 2.41 bits per heavy atom. The Morgan fingerprint density at radius 2 is 1.71 bits per heavy atom. The summed E-state index contributed by atoms with van der Waals surface area (Å²) in [5, 5.41) is 3.04. The number of aryl methyl sites for hydroxylation is 1. The molecule has 3 heterocycles. The van der Waals surface area contributed by atoms with Crippen LogP contribution in [-0.4, -0.2) is 98.1 Å². The fourth-order valence-electron chi connectivity index (χ4n) is 4.40. The van der Waals surface area contributed by atoms with E-state index in [1.54, 1.807) is 29.2 Å². The Hall–Kier alpha value is -3.33. The molecule has 0 bridgehead atoms. The number of rotatable bonds is 5. The van der Waals surface area contributed by atoms with Gasteiger partial charge >= 0.3 is 6.03 Å². The van der Waals surface area contributed by atoms with E-state index in [0.717, 1.165) is 43.1 Å². The second-order valence-corrected chi connectivity index (χ2v) is 8.90. The van der Waals surface area contributed by atoms with Crippen molar-refractivity contribution in [2.24, 2.45) is 0 Å². The maximum atomic E-state index is 12.9. The van der Waals surface area contributed by atoms with E-state index in [0.29, 0.717) is 44.0 Å². The van der Waals surface area contributed by atoms with Crippen molar-refractivity contribution in [2.45, 2.75) is 13.5 Å².